The molecule has 2 aliphatic rings. The smallest absolute Gasteiger partial charge is 0.317 e. The fourth-order valence-corrected chi connectivity index (χ4v) is 2.86. The lowest BCUT2D eigenvalue weighted by Gasteiger charge is -2.36. The molecule has 0 bridgehead atoms. The van der Waals surface area contributed by atoms with Crippen molar-refractivity contribution >= 4 is 11.7 Å². The number of carbonyl (C=O) groups is 1. The summed E-state index contributed by atoms with van der Waals surface area (Å²) in [7, 11) is 0. The fraction of sp³-hybridized carbons (Fsp3) is 0.562. The minimum absolute atomic E-state index is 0.0163. The zero-order chi connectivity index (χ0) is 14.8. The molecule has 1 saturated heterocycles. The van der Waals surface area contributed by atoms with Crippen LogP contribution < -0.4 is 10.2 Å². The average Bonchev–Trinajstić information content (AvgIpc) is 3.32. The van der Waals surface area contributed by atoms with E-state index in [2.05, 4.69) is 12.2 Å². The molecule has 1 aliphatic heterocycles. The Morgan fingerprint density at radius 3 is 2.52 bits per heavy atom. The Labute approximate surface area is 124 Å². The molecule has 5 heteroatoms. The number of anilines is 1. The molecule has 0 aromatic heterocycles. The Morgan fingerprint density at radius 1 is 1.24 bits per heavy atom. The van der Waals surface area contributed by atoms with Gasteiger partial charge in [0, 0.05) is 32.2 Å². The first-order chi connectivity index (χ1) is 10.1. The van der Waals surface area contributed by atoms with Gasteiger partial charge in [-0.3, -0.25) is 0 Å². The molecule has 2 fully saturated rings. The van der Waals surface area contributed by atoms with Crippen molar-refractivity contribution in [2.45, 2.75) is 25.8 Å². The molecule has 3 rings (SSSR count). The van der Waals surface area contributed by atoms with E-state index < -0.39 is 0 Å². The summed E-state index contributed by atoms with van der Waals surface area (Å²) in [6.07, 6.45) is 2.45. The maximum absolute atomic E-state index is 13.8. The molecular formula is C16H22FN3O. The number of halogens is 1. The summed E-state index contributed by atoms with van der Waals surface area (Å²) in [6, 6.07) is 7.09. The number of urea groups is 1. The lowest BCUT2D eigenvalue weighted by molar-refractivity contribution is 0.189. The van der Waals surface area contributed by atoms with Gasteiger partial charge in [-0.15, -0.1) is 0 Å². The minimum Gasteiger partial charge on any atom is -0.366 e. The molecule has 1 aromatic carbocycles. The molecular weight excluding hydrogens is 269 g/mol. The zero-order valence-corrected chi connectivity index (χ0v) is 12.4. The third kappa shape index (κ3) is 3.28. The van der Waals surface area contributed by atoms with E-state index in [1.54, 1.807) is 12.1 Å². The number of nitrogens with zero attached hydrogens (tertiary/aromatic N) is 2. The quantitative estimate of drug-likeness (QED) is 0.928. The summed E-state index contributed by atoms with van der Waals surface area (Å²) in [5, 5.41) is 3.07. The SMILES string of the molecule is CC(NC(=O)N1CCN(c2ccccc2F)CC1)C1CC1. The van der Waals surface area contributed by atoms with E-state index in [0.717, 1.165) is 0 Å². The van der Waals surface area contributed by atoms with Gasteiger partial charge in [-0.05, 0) is 37.8 Å². The van der Waals surface area contributed by atoms with E-state index in [4.69, 9.17) is 0 Å². The van der Waals surface area contributed by atoms with E-state index >= 15 is 0 Å². The van der Waals surface area contributed by atoms with Crippen LogP contribution >= 0.6 is 0 Å². The standard InChI is InChI=1S/C16H22FN3O/c1-12(13-6-7-13)18-16(21)20-10-8-19(9-11-20)15-5-3-2-4-14(15)17/h2-5,12-13H,6-11H2,1H3,(H,18,21). The first-order valence-corrected chi connectivity index (χ1v) is 7.70. The van der Waals surface area contributed by atoms with E-state index in [1.807, 2.05) is 15.9 Å². The monoisotopic (exact) mass is 291 g/mol. The number of rotatable bonds is 3. The first kappa shape index (κ1) is 14.2. The highest BCUT2D eigenvalue weighted by molar-refractivity contribution is 5.75. The van der Waals surface area contributed by atoms with Gasteiger partial charge in [0.05, 0.1) is 5.69 Å². The lowest BCUT2D eigenvalue weighted by Crippen LogP contribution is -2.53. The molecule has 1 unspecified atom stereocenters. The predicted octanol–water partition coefficient (Wildman–Crippen LogP) is 2.46. The van der Waals surface area contributed by atoms with Crippen LogP contribution in [0, 0.1) is 11.7 Å². The van der Waals surface area contributed by atoms with Crippen LogP contribution in [0.3, 0.4) is 0 Å². The lowest BCUT2D eigenvalue weighted by atomic mass is 10.2. The van der Waals surface area contributed by atoms with Crippen molar-refractivity contribution in [1.82, 2.24) is 10.2 Å². The highest BCUT2D eigenvalue weighted by Crippen LogP contribution is 2.32. The minimum atomic E-state index is -0.197. The van der Waals surface area contributed by atoms with Gasteiger partial charge in [-0.1, -0.05) is 12.1 Å². The number of piperazine rings is 1. The van der Waals surface area contributed by atoms with Gasteiger partial charge in [0.15, 0.2) is 0 Å². The van der Waals surface area contributed by atoms with Gasteiger partial charge in [-0.25, -0.2) is 9.18 Å². The van der Waals surface area contributed by atoms with Gasteiger partial charge in [0.1, 0.15) is 5.82 Å². The molecule has 2 amide bonds. The molecule has 1 atom stereocenters. The van der Waals surface area contributed by atoms with Crippen molar-refractivity contribution in [2.24, 2.45) is 5.92 Å². The van der Waals surface area contributed by atoms with E-state index in [1.165, 1.54) is 18.9 Å². The van der Waals surface area contributed by atoms with Crippen LogP contribution in [0.4, 0.5) is 14.9 Å². The van der Waals surface area contributed by atoms with Crippen molar-refractivity contribution in [2.75, 3.05) is 31.1 Å². The normalized spacial score (nSPS) is 20.3. The summed E-state index contributed by atoms with van der Waals surface area (Å²) >= 11 is 0. The van der Waals surface area contributed by atoms with Crippen molar-refractivity contribution in [3.63, 3.8) is 0 Å². The summed E-state index contributed by atoms with van der Waals surface area (Å²) in [4.78, 5) is 16.0. The van der Waals surface area contributed by atoms with Gasteiger partial charge in [0.25, 0.3) is 0 Å². The predicted molar refractivity (Wildman–Crippen MR) is 80.9 cm³/mol. The van der Waals surface area contributed by atoms with Crippen LogP contribution in [0.15, 0.2) is 24.3 Å². The summed E-state index contributed by atoms with van der Waals surface area (Å²) in [5.41, 5.74) is 0.629. The van der Waals surface area contributed by atoms with Crippen molar-refractivity contribution in [3.05, 3.63) is 30.1 Å². The van der Waals surface area contributed by atoms with E-state index in [0.29, 0.717) is 37.8 Å². The van der Waals surface area contributed by atoms with Crippen LogP contribution in [0.2, 0.25) is 0 Å². The Morgan fingerprint density at radius 2 is 1.90 bits per heavy atom. The summed E-state index contributed by atoms with van der Waals surface area (Å²) in [5.74, 6) is 0.464. The molecule has 21 heavy (non-hydrogen) atoms. The van der Waals surface area contributed by atoms with Crippen molar-refractivity contribution in [3.8, 4) is 0 Å². The maximum atomic E-state index is 13.8. The highest BCUT2D eigenvalue weighted by Gasteiger charge is 2.30. The molecule has 0 spiro atoms. The average molecular weight is 291 g/mol. The second-order valence-corrected chi connectivity index (χ2v) is 6.00. The first-order valence-electron chi connectivity index (χ1n) is 7.70. The van der Waals surface area contributed by atoms with E-state index in [9.17, 15) is 9.18 Å². The Kier molecular flexibility index (Phi) is 3.99. The maximum Gasteiger partial charge on any atom is 0.317 e. The summed E-state index contributed by atoms with van der Waals surface area (Å²) < 4.78 is 13.8. The second-order valence-electron chi connectivity index (χ2n) is 6.00. The number of hydrogen-bond donors (Lipinski definition) is 1. The third-order valence-corrected chi connectivity index (χ3v) is 4.44. The molecule has 0 radical (unpaired) electrons. The molecule has 1 N–H and O–H groups in total. The number of nitrogens with one attached hydrogen (secondary N) is 1. The van der Waals surface area contributed by atoms with Gasteiger partial charge < -0.3 is 15.1 Å². The summed E-state index contributed by atoms with van der Waals surface area (Å²) in [6.45, 7) is 4.69. The van der Waals surface area contributed by atoms with Gasteiger partial charge >= 0.3 is 6.03 Å². The third-order valence-electron chi connectivity index (χ3n) is 4.44. The number of para-hydroxylation sites is 1. The molecule has 1 aromatic rings. The second kappa shape index (κ2) is 5.92. The number of amides is 2. The Hall–Kier alpha value is -1.78. The van der Waals surface area contributed by atoms with Crippen LogP contribution in [-0.4, -0.2) is 43.2 Å². The van der Waals surface area contributed by atoms with Gasteiger partial charge in [0.2, 0.25) is 0 Å². The van der Waals surface area contributed by atoms with Crippen molar-refractivity contribution in [1.29, 1.82) is 0 Å². The van der Waals surface area contributed by atoms with E-state index in [-0.39, 0.29) is 17.9 Å². The topological polar surface area (TPSA) is 35.6 Å². The molecule has 1 heterocycles. The van der Waals surface area contributed by atoms with Gasteiger partial charge in [-0.2, -0.15) is 0 Å². The fourth-order valence-electron chi connectivity index (χ4n) is 2.86. The number of hydrogen-bond acceptors (Lipinski definition) is 2. The molecule has 114 valence electrons. The van der Waals surface area contributed by atoms with Crippen molar-refractivity contribution < 1.29 is 9.18 Å². The molecule has 1 saturated carbocycles. The van der Waals surface area contributed by atoms with Crippen LogP contribution in [0.5, 0.6) is 0 Å². The molecule has 1 aliphatic carbocycles. The Bertz CT molecular complexity index is 510. The van der Waals surface area contributed by atoms with Crippen LogP contribution in [-0.2, 0) is 0 Å². The zero-order valence-electron chi connectivity index (χ0n) is 12.4. The largest absolute Gasteiger partial charge is 0.366 e. The Balaban J connectivity index is 1.52. The number of benzene rings is 1. The number of carbonyl (C=O) groups excluding carboxylic acids is 1. The van der Waals surface area contributed by atoms with Crippen LogP contribution in [0.25, 0.3) is 0 Å². The molecule has 4 nitrogen and oxygen atoms in total. The van der Waals surface area contributed by atoms with Crippen LogP contribution in [0.1, 0.15) is 19.8 Å². The highest BCUT2D eigenvalue weighted by atomic mass is 19.1.